The van der Waals surface area contributed by atoms with Gasteiger partial charge in [-0.1, -0.05) is 6.92 Å². The van der Waals surface area contributed by atoms with Gasteiger partial charge in [-0.05, 0) is 40.4 Å². The van der Waals surface area contributed by atoms with Gasteiger partial charge in [0.1, 0.15) is 0 Å². The van der Waals surface area contributed by atoms with Gasteiger partial charge in [0.2, 0.25) is 0 Å². The van der Waals surface area contributed by atoms with Crippen molar-refractivity contribution in [3.8, 4) is 0 Å². The molecular weight excluding hydrogens is 272 g/mol. The topological polar surface area (TPSA) is 29.3 Å². The standard InChI is InChI=1S/C11H17BrN2S/c1-8-6-14(5-4-10(8)13)7-9-2-3-11(12)15-9/h2-3,8,10H,4-7,13H2,1H3. The molecule has 0 aliphatic carbocycles. The number of halogens is 1. The van der Waals surface area contributed by atoms with Crippen molar-refractivity contribution in [2.24, 2.45) is 11.7 Å². The number of hydrogen-bond acceptors (Lipinski definition) is 3. The summed E-state index contributed by atoms with van der Waals surface area (Å²) in [5, 5.41) is 0. The maximum Gasteiger partial charge on any atom is 0.0701 e. The molecule has 2 heterocycles. The van der Waals surface area contributed by atoms with Gasteiger partial charge in [-0.2, -0.15) is 0 Å². The first-order valence-electron chi connectivity index (χ1n) is 5.37. The third-order valence-electron chi connectivity index (χ3n) is 3.06. The largest absolute Gasteiger partial charge is 0.327 e. The first kappa shape index (κ1) is 11.6. The fourth-order valence-electron chi connectivity index (χ4n) is 2.05. The Balaban J connectivity index is 1.90. The van der Waals surface area contributed by atoms with E-state index in [0.717, 1.165) is 26.1 Å². The van der Waals surface area contributed by atoms with Crippen LogP contribution in [0.25, 0.3) is 0 Å². The second kappa shape index (κ2) is 4.95. The van der Waals surface area contributed by atoms with Gasteiger partial charge in [-0.25, -0.2) is 0 Å². The van der Waals surface area contributed by atoms with Crippen molar-refractivity contribution in [3.63, 3.8) is 0 Å². The summed E-state index contributed by atoms with van der Waals surface area (Å²) in [5.74, 6) is 0.627. The molecule has 1 saturated heterocycles. The van der Waals surface area contributed by atoms with Crippen LogP contribution in [0.1, 0.15) is 18.2 Å². The Labute approximate surface area is 104 Å². The predicted octanol–water partition coefficient (Wildman–Crippen LogP) is 2.68. The van der Waals surface area contributed by atoms with Gasteiger partial charge in [0.15, 0.2) is 0 Å². The van der Waals surface area contributed by atoms with Gasteiger partial charge in [-0.3, -0.25) is 4.90 Å². The molecule has 0 aromatic carbocycles. The molecule has 1 aliphatic rings. The Hall–Kier alpha value is 0.1000. The van der Waals surface area contributed by atoms with Crippen LogP contribution in [0.15, 0.2) is 15.9 Å². The number of rotatable bonds is 2. The fourth-order valence-corrected chi connectivity index (χ4v) is 3.58. The first-order valence-corrected chi connectivity index (χ1v) is 6.98. The number of nitrogens with two attached hydrogens (primary N) is 1. The Kier molecular flexibility index (Phi) is 3.83. The molecule has 2 rings (SSSR count). The molecule has 2 unspecified atom stereocenters. The van der Waals surface area contributed by atoms with E-state index < -0.39 is 0 Å². The van der Waals surface area contributed by atoms with E-state index in [2.05, 4.69) is 39.9 Å². The van der Waals surface area contributed by atoms with E-state index in [1.54, 1.807) is 0 Å². The highest BCUT2D eigenvalue weighted by atomic mass is 79.9. The molecule has 0 bridgehead atoms. The van der Waals surface area contributed by atoms with Crippen molar-refractivity contribution in [2.75, 3.05) is 13.1 Å². The molecule has 15 heavy (non-hydrogen) atoms. The number of piperidine rings is 1. The van der Waals surface area contributed by atoms with Gasteiger partial charge in [0.05, 0.1) is 3.79 Å². The molecule has 1 aliphatic heterocycles. The molecular formula is C11H17BrN2S. The lowest BCUT2D eigenvalue weighted by atomic mass is 9.95. The van der Waals surface area contributed by atoms with Gasteiger partial charge >= 0.3 is 0 Å². The monoisotopic (exact) mass is 288 g/mol. The van der Waals surface area contributed by atoms with Crippen molar-refractivity contribution in [3.05, 3.63) is 20.8 Å². The van der Waals surface area contributed by atoms with Crippen LogP contribution in [0.5, 0.6) is 0 Å². The van der Waals surface area contributed by atoms with Crippen LogP contribution in [-0.4, -0.2) is 24.0 Å². The summed E-state index contributed by atoms with van der Waals surface area (Å²) in [4.78, 5) is 3.94. The maximum atomic E-state index is 6.01. The highest BCUT2D eigenvalue weighted by Crippen LogP contribution is 2.25. The van der Waals surface area contributed by atoms with Crippen molar-refractivity contribution in [2.45, 2.75) is 25.9 Å². The molecule has 2 atom stereocenters. The second-order valence-corrected chi connectivity index (χ2v) is 6.92. The van der Waals surface area contributed by atoms with E-state index in [4.69, 9.17) is 5.73 Å². The van der Waals surface area contributed by atoms with Crippen molar-refractivity contribution in [1.29, 1.82) is 0 Å². The Morgan fingerprint density at radius 1 is 1.60 bits per heavy atom. The highest BCUT2D eigenvalue weighted by Gasteiger charge is 2.23. The maximum absolute atomic E-state index is 6.01. The van der Waals surface area contributed by atoms with Crippen molar-refractivity contribution >= 4 is 27.3 Å². The smallest absolute Gasteiger partial charge is 0.0701 e. The second-order valence-electron chi connectivity index (χ2n) is 4.37. The van der Waals surface area contributed by atoms with Crippen LogP contribution in [0, 0.1) is 5.92 Å². The summed E-state index contributed by atoms with van der Waals surface area (Å²) in [6.07, 6.45) is 1.13. The van der Waals surface area contributed by atoms with E-state index in [0.29, 0.717) is 12.0 Å². The van der Waals surface area contributed by atoms with Crippen LogP contribution in [0.4, 0.5) is 0 Å². The molecule has 0 spiro atoms. The Bertz CT molecular complexity index is 326. The van der Waals surface area contributed by atoms with Crippen LogP contribution in [0.2, 0.25) is 0 Å². The fraction of sp³-hybridized carbons (Fsp3) is 0.636. The van der Waals surface area contributed by atoms with Crippen LogP contribution in [0.3, 0.4) is 0 Å². The zero-order valence-electron chi connectivity index (χ0n) is 8.95. The minimum Gasteiger partial charge on any atom is -0.327 e. The minimum absolute atomic E-state index is 0.399. The average molecular weight is 289 g/mol. The number of thiophene rings is 1. The summed E-state index contributed by atoms with van der Waals surface area (Å²) >= 11 is 5.33. The van der Waals surface area contributed by atoms with E-state index in [1.807, 2.05) is 11.3 Å². The SMILES string of the molecule is CC1CN(Cc2ccc(Br)s2)CCC1N. The number of likely N-dealkylation sites (tertiary alicyclic amines) is 1. The Morgan fingerprint density at radius 2 is 2.40 bits per heavy atom. The predicted molar refractivity (Wildman–Crippen MR) is 69.1 cm³/mol. The molecule has 0 amide bonds. The molecule has 2 nitrogen and oxygen atoms in total. The lowest BCUT2D eigenvalue weighted by Crippen LogP contribution is -2.45. The van der Waals surface area contributed by atoms with E-state index >= 15 is 0 Å². The van der Waals surface area contributed by atoms with Crippen molar-refractivity contribution < 1.29 is 0 Å². The lowest BCUT2D eigenvalue weighted by Gasteiger charge is -2.34. The molecule has 1 fully saturated rings. The van der Waals surface area contributed by atoms with Crippen LogP contribution < -0.4 is 5.73 Å². The molecule has 0 radical (unpaired) electrons. The minimum atomic E-state index is 0.399. The quantitative estimate of drug-likeness (QED) is 0.907. The molecule has 2 N–H and O–H groups in total. The summed E-state index contributed by atoms with van der Waals surface area (Å²) < 4.78 is 1.22. The first-order chi connectivity index (χ1) is 7.15. The summed E-state index contributed by atoms with van der Waals surface area (Å²) in [6.45, 7) is 5.60. The third kappa shape index (κ3) is 3.03. The molecule has 0 saturated carbocycles. The summed E-state index contributed by atoms with van der Waals surface area (Å²) in [7, 11) is 0. The highest BCUT2D eigenvalue weighted by molar-refractivity contribution is 9.11. The van der Waals surface area contributed by atoms with E-state index in [-0.39, 0.29) is 0 Å². The van der Waals surface area contributed by atoms with Gasteiger partial charge in [-0.15, -0.1) is 11.3 Å². The van der Waals surface area contributed by atoms with Crippen LogP contribution in [-0.2, 0) is 6.54 Å². The van der Waals surface area contributed by atoms with Crippen molar-refractivity contribution in [1.82, 2.24) is 4.90 Å². The van der Waals surface area contributed by atoms with E-state index in [9.17, 15) is 0 Å². The Morgan fingerprint density at radius 3 is 3.00 bits per heavy atom. The molecule has 4 heteroatoms. The van der Waals surface area contributed by atoms with Gasteiger partial charge < -0.3 is 5.73 Å². The zero-order valence-corrected chi connectivity index (χ0v) is 11.4. The van der Waals surface area contributed by atoms with Gasteiger partial charge in [0.25, 0.3) is 0 Å². The van der Waals surface area contributed by atoms with Crippen LogP contribution >= 0.6 is 27.3 Å². The lowest BCUT2D eigenvalue weighted by molar-refractivity contribution is 0.159. The summed E-state index contributed by atoms with van der Waals surface area (Å²) in [6, 6.07) is 4.73. The number of hydrogen-bond donors (Lipinski definition) is 1. The number of nitrogens with zero attached hydrogens (tertiary/aromatic N) is 1. The average Bonchev–Trinajstić information content (AvgIpc) is 2.58. The molecule has 1 aromatic heterocycles. The third-order valence-corrected chi connectivity index (χ3v) is 4.67. The van der Waals surface area contributed by atoms with Gasteiger partial charge in [0, 0.05) is 30.6 Å². The molecule has 84 valence electrons. The normalized spacial score (nSPS) is 28.2. The summed E-state index contributed by atoms with van der Waals surface area (Å²) in [5.41, 5.74) is 6.01. The van der Waals surface area contributed by atoms with E-state index in [1.165, 1.54) is 8.66 Å². The zero-order chi connectivity index (χ0) is 10.8. The molecule has 1 aromatic rings.